The monoisotopic (exact) mass is 398 g/mol. The van der Waals surface area contributed by atoms with Gasteiger partial charge in [-0.15, -0.1) is 0 Å². The first-order chi connectivity index (χ1) is 11.5. The number of halogens is 2. The largest absolute Gasteiger partial charge is 0.354 e. The second-order valence-electron chi connectivity index (χ2n) is 6.34. The normalized spacial score (nSPS) is 16.5. The van der Waals surface area contributed by atoms with Gasteiger partial charge in [0.25, 0.3) is 5.91 Å². The first-order valence-corrected chi connectivity index (χ1v) is 9.34. The van der Waals surface area contributed by atoms with E-state index in [1.54, 1.807) is 6.07 Å². The first kappa shape index (κ1) is 18.9. The highest BCUT2D eigenvalue weighted by molar-refractivity contribution is 9.10. The summed E-state index contributed by atoms with van der Waals surface area (Å²) in [5.41, 5.74) is -0.658. The van der Waals surface area contributed by atoms with Crippen LogP contribution in [0.1, 0.15) is 62.2 Å². The molecular weight excluding hydrogens is 375 g/mol. The van der Waals surface area contributed by atoms with Gasteiger partial charge in [0.05, 0.1) is 4.47 Å². The van der Waals surface area contributed by atoms with E-state index in [1.165, 1.54) is 12.1 Å². The smallest absolute Gasteiger partial charge is 0.252 e. The molecule has 1 aromatic rings. The van der Waals surface area contributed by atoms with Crippen LogP contribution in [-0.2, 0) is 4.79 Å². The van der Waals surface area contributed by atoms with Gasteiger partial charge in [-0.3, -0.25) is 9.59 Å². The molecule has 1 aliphatic carbocycles. The average Bonchev–Trinajstić information content (AvgIpc) is 2.58. The van der Waals surface area contributed by atoms with E-state index in [2.05, 4.69) is 33.5 Å². The molecule has 0 radical (unpaired) electrons. The molecule has 0 saturated heterocycles. The zero-order chi connectivity index (χ0) is 17.6. The third-order valence-electron chi connectivity index (χ3n) is 4.49. The fourth-order valence-corrected chi connectivity index (χ4v) is 3.29. The molecule has 0 aromatic heterocycles. The Morgan fingerprint density at radius 2 is 1.96 bits per heavy atom. The Hall–Kier alpha value is -1.43. The topological polar surface area (TPSA) is 58.2 Å². The average molecular weight is 399 g/mol. The SMILES string of the molecule is CCCCNC(=O)C1(NC(=O)c2ccc(Br)c(F)c2)CCCCC1. The van der Waals surface area contributed by atoms with Crippen molar-refractivity contribution in [2.45, 2.75) is 57.4 Å². The van der Waals surface area contributed by atoms with Crippen molar-refractivity contribution in [3.8, 4) is 0 Å². The summed E-state index contributed by atoms with van der Waals surface area (Å²) in [6.45, 7) is 2.67. The Kier molecular flexibility index (Phi) is 6.78. The van der Waals surface area contributed by atoms with Crippen LogP contribution < -0.4 is 10.6 Å². The van der Waals surface area contributed by atoms with Crippen LogP contribution in [0.3, 0.4) is 0 Å². The number of carbonyl (C=O) groups is 2. The number of amides is 2. The first-order valence-electron chi connectivity index (χ1n) is 8.54. The molecule has 0 aliphatic heterocycles. The molecule has 2 amide bonds. The van der Waals surface area contributed by atoms with Crippen LogP contribution in [-0.4, -0.2) is 23.9 Å². The molecule has 1 fully saturated rings. The summed E-state index contributed by atoms with van der Waals surface area (Å²) < 4.78 is 14.0. The number of rotatable bonds is 6. The molecule has 1 aliphatic rings. The fourth-order valence-electron chi connectivity index (χ4n) is 3.04. The summed E-state index contributed by atoms with van der Waals surface area (Å²) in [4.78, 5) is 25.2. The van der Waals surface area contributed by atoms with Gasteiger partial charge in [-0.2, -0.15) is 0 Å². The summed E-state index contributed by atoms with van der Waals surface area (Å²) in [7, 11) is 0. The lowest BCUT2D eigenvalue weighted by atomic mass is 9.80. The minimum atomic E-state index is -0.882. The van der Waals surface area contributed by atoms with Crippen molar-refractivity contribution in [1.29, 1.82) is 0 Å². The highest BCUT2D eigenvalue weighted by Gasteiger charge is 2.40. The summed E-state index contributed by atoms with van der Waals surface area (Å²) in [6, 6.07) is 4.23. The highest BCUT2D eigenvalue weighted by Crippen LogP contribution is 2.29. The predicted octanol–water partition coefficient (Wildman–Crippen LogP) is 3.94. The molecule has 0 unspecified atom stereocenters. The van der Waals surface area contributed by atoms with Gasteiger partial charge < -0.3 is 10.6 Å². The Bertz CT molecular complexity index is 601. The second-order valence-corrected chi connectivity index (χ2v) is 7.19. The molecular formula is C18H24BrFN2O2. The Labute approximate surface area is 150 Å². The van der Waals surface area contributed by atoms with Crippen LogP contribution in [0.25, 0.3) is 0 Å². The van der Waals surface area contributed by atoms with Gasteiger partial charge in [0.1, 0.15) is 11.4 Å². The molecule has 0 bridgehead atoms. The number of hydrogen-bond donors (Lipinski definition) is 2. The van der Waals surface area contributed by atoms with E-state index in [4.69, 9.17) is 0 Å². The van der Waals surface area contributed by atoms with E-state index in [0.717, 1.165) is 32.1 Å². The highest BCUT2D eigenvalue weighted by atomic mass is 79.9. The van der Waals surface area contributed by atoms with E-state index in [-0.39, 0.29) is 11.5 Å². The van der Waals surface area contributed by atoms with E-state index in [0.29, 0.717) is 23.9 Å². The van der Waals surface area contributed by atoms with Gasteiger partial charge in [-0.1, -0.05) is 32.6 Å². The van der Waals surface area contributed by atoms with E-state index in [1.807, 2.05) is 0 Å². The van der Waals surface area contributed by atoms with Crippen LogP contribution in [0.4, 0.5) is 4.39 Å². The summed E-state index contributed by atoms with van der Waals surface area (Å²) in [5.74, 6) is -1.02. The van der Waals surface area contributed by atoms with E-state index in [9.17, 15) is 14.0 Å². The molecule has 1 saturated carbocycles. The van der Waals surface area contributed by atoms with Gasteiger partial charge in [0, 0.05) is 12.1 Å². The Balaban J connectivity index is 2.13. The molecule has 0 heterocycles. The number of carbonyl (C=O) groups excluding carboxylic acids is 2. The van der Waals surface area contributed by atoms with Crippen molar-refractivity contribution in [3.63, 3.8) is 0 Å². The molecule has 6 heteroatoms. The van der Waals surface area contributed by atoms with Gasteiger partial charge in [0.2, 0.25) is 5.91 Å². The summed E-state index contributed by atoms with van der Waals surface area (Å²) in [5, 5.41) is 5.83. The molecule has 0 atom stereocenters. The summed E-state index contributed by atoms with van der Waals surface area (Å²) >= 11 is 3.08. The van der Waals surface area contributed by atoms with Gasteiger partial charge in [0.15, 0.2) is 0 Å². The molecule has 2 N–H and O–H groups in total. The minimum absolute atomic E-state index is 0.124. The van der Waals surface area contributed by atoms with Gasteiger partial charge >= 0.3 is 0 Å². The molecule has 0 spiro atoms. The number of benzene rings is 1. The maximum absolute atomic E-state index is 13.7. The Morgan fingerprint density at radius 1 is 1.25 bits per heavy atom. The van der Waals surface area contributed by atoms with Crippen LogP contribution in [0, 0.1) is 5.82 Å². The number of hydrogen-bond acceptors (Lipinski definition) is 2. The molecule has 2 rings (SSSR count). The molecule has 132 valence electrons. The summed E-state index contributed by atoms with van der Waals surface area (Å²) in [6.07, 6.45) is 6.01. The second kappa shape index (κ2) is 8.60. The van der Waals surface area contributed by atoms with Crippen molar-refractivity contribution in [2.75, 3.05) is 6.54 Å². The van der Waals surface area contributed by atoms with Crippen molar-refractivity contribution in [2.24, 2.45) is 0 Å². The maximum Gasteiger partial charge on any atom is 0.252 e. The molecule has 24 heavy (non-hydrogen) atoms. The Morgan fingerprint density at radius 3 is 2.58 bits per heavy atom. The fraction of sp³-hybridized carbons (Fsp3) is 0.556. The zero-order valence-corrected chi connectivity index (χ0v) is 15.5. The standard InChI is InChI=1S/C18H24BrFN2O2/c1-2-3-11-21-17(24)18(9-5-4-6-10-18)22-16(23)13-7-8-14(19)15(20)12-13/h7-8,12H,2-6,9-11H2,1H3,(H,21,24)(H,22,23). The lowest BCUT2D eigenvalue weighted by Gasteiger charge is -2.36. The molecule has 4 nitrogen and oxygen atoms in total. The third kappa shape index (κ3) is 4.56. The zero-order valence-electron chi connectivity index (χ0n) is 14.0. The van der Waals surface area contributed by atoms with Crippen LogP contribution >= 0.6 is 15.9 Å². The lowest BCUT2D eigenvalue weighted by Crippen LogP contribution is -2.59. The van der Waals surface area contributed by atoms with Crippen molar-refractivity contribution < 1.29 is 14.0 Å². The quantitative estimate of drug-likeness (QED) is 0.712. The maximum atomic E-state index is 13.7. The van der Waals surface area contributed by atoms with Crippen LogP contribution in [0.5, 0.6) is 0 Å². The third-order valence-corrected chi connectivity index (χ3v) is 5.14. The van der Waals surface area contributed by atoms with Gasteiger partial charge in [-0.05, 0) is 53.4 Å². The van der Waals surface area contributed by atoms with Crippen LogP contribution in [0.15, 0.2) is 22.7 Å². The van der Waals surface area contributed by atoms with E-state index < -0.39 is 17.3 Å². The van der Waals surface area contributed by atoms with Crippen molar-refractivity contribution in [1.82, 2.24) is 10.6 Å². The number of unbranched alkanes of at least 4 members (excludes halogenated alkanes) is 1. The lowest BCUT2D eigenvalue weighted by molar-refractivity contribution is -0.128. The van der Waals surface area contributed by atoms with Crippen molar-refractivity contribution >= 4 is 27.7 Å². The minimum Gasteiger partial charge on any atom is -0.354 e. The van der Waals surface area contributed by atoms with Crippen molar-refractivity contribution in [3.05, 3.63) is 34.1 Å². The van der Waals surface area contributed by atoms with Crippen LogP contribution in [0.2, 0.25) is 0 Å². The predicted molar refractivity (Wildman–Crippen MR) is 95.3 cm³/mol. The van der Waals surface area contributed by atoms with E-state index >= 15 is 0 Å². The number of nitrogens with one attached hydrogen (secondary N) is 2. The van der Waals surface area contributed by atoms with Gasteiger partial charge in [-0.25, -0.2) is 4.39 Å². The molecule has 1 aromatic carbocycles.